The summed E-state index contributed by atoms with van der Waals surface area (Å²) in [4.78, 5) is 16.4. The van der Waals surface area contributed by atoms with Crippen molar-refractivity contribution in [2.75, 3.05) is 13.2 Å². The largest absolute Gasteiger partial charge is 0.369 e. The normalized spacial score (nSPS) is 12.5. The standard InChI is InChI=1S/C17H24FN3O2/c1-4-5-10-23-12(2)17(22)19-9-8-16-20-14-7-6-13(18)11-15(14)21(16)3/h6-7,11-12H,4-5,8-10H2,1-3H3,(H,19,22). The maximum atomic E-state index is 13.3. The van der Waals surface area contributed by atoms with Crippen LogP contribution in [0.15, 0.2) is 18.2 Å². The van der Waals surface area contributed by atoms with E-state index in [1.54, 1.807) is 13.0 Å². The molecule has 1 unspecified atom stereocenters. The number of hydrogen-bond acceptors (Lipinski definition) is 3. The highest BCUT2D eigenvalue weighted by atomic mass is 19.1. The molecule has 0 aliphatic rings. The van der Waals surface area contributed by atoms with Gasteiger partial charge in [0.05, 0.1) is 11.0 Å². The SMILES string of the molecule is CCCCOC(C)C(=O)NCCc1nc2ccc(F)cc2n1C. The summed E-state index contributed by atoms with van der Waals surface area (Å²) in [6.45, 7) is 4.90. The topological polar surface area (TPSA) is 56.1 Å². The van der Waals surface area contributed by atoms with Crippen LogP contribution < -0.4 is 5.32 Å². The molecule has 0 saturated carbocycles. The van der Waals surface area contributed by atoms with E-state index in [2.05, 4.69) is 17.2 Å². The minimum absolute atomic E-state index is 0.120. The second-order valence-corrected chi connectivity index (χ2v) is 5.63. The van der Waals surface area contributed by atoms with Crippen molar-refractivity contribution in [3.05, 3.63) is 29.8 Å². The maximum Gasteiger partial charge on any atom is 0.248 e. The Morgan fingerprint density at radius 1 is 1.48 bits per heavy atom. The Labute approximate surface area is 135 Å². The van der Waals surface area contributed by atoms with Crippen molar-refractivity contribution in [2.45, 2.75) is 39.2 Å². The van der Waals surface area contributed by atoms with Gasteiger partial charge < -0.3 is 14.6 Å². The monoisotopic (exact) mass is 321 g/mol. The van der Waals surface area contributed by atoms with Crippen LogP contribution in [-0.4, -0.2) is 34.7 Å². The van der Waals surface area contributed by atoms with E-state index in [0.717, 1.165) is 29.7 Å². The third-order valence-corrected chi connectivity index (χ3v) is 3.82. The van der Waals surface area contributed by atoms with Gasteiger partial charge in [0.25, 0.3) is 0 Å². The van der Waals surface area contributed by atoms with Crippen LogP contribution in [0.25, 0.3) is 11.0 Å². The third-order valence-electron chi connectivity index (χ3n) is 3.82. The predicted molar refractivity (Wildman–Crippen MR) is 87.7 cm³/mol. The van der Waals surface area contributed by atoms with Gasteiger partial charge in [0, 0.05) is 26.6 Å². The van der Waals surface area contributed by atoms with Gasteiger partial charge in [-0.25, -0.2) is 9.37 Å². The number of imidazole rings is 1. The van der Waals surface area contributed by atoms with E-state index in [-0.39, 0.29) is 11.7 Å². The van der Waals surface area contributed by atoms with E-state index < -0.39 is 6.10 Å². The van der Waals surface area contributed by atoms with Crippen molar-refractivity contribution in [1.29, 1.82) is 0 Å². The number of nitrogens with zero attached hydrogens (tertiary/aromatic N) is 2. The molecule has 126 valence electrons. The fourth-order valence-electron chi connectivity index (χ4n) is 2.36. The summed E-state index contributed by atoms with van der Waals surface area (Å²) >= 11 is 0. The average Bonchev–Trinajstić information content (AvgIpc) is 2.83. The van der Waals surface area contributed by atoms with Gasteiger partial charge in [0.1, 0.15) is 17.7 Å². The number of rotatable bonds is 8. The minimum atomic E-state index is -0.448. The number of carbonyl (C=O) groups is 1. The van der Waals surface area contributed by atoms with Crippen molar-refractivity contribution >= 4 is 16.9 Å². The Bertz CT molecular complexity index is 669. The van der Waals surface area contributed by atoms with E-state index in [9.17, 15) is 9.18 Å². The second-order valence-electron chi connectivity index (χ2n) is 5.63. The second kappa shape index (κ2) is 8.06. The Kier molecular flexibility index (Phi) is 6.10. The molecule has 1 aromatic carbocycles. The van der Waals surface area contributed by atoms with Crippen molar-refractivity contribution in [1.82, 2.24) is 14.9 Å². The van der Waals surface area contributed by atoms with E-state index >= 15 is 0 Å². The highest BCUT2D eigenvalue weighted by Crippen LogP contribution is 2.16. The molecule has 0 aliphatic carbocycles. The first kappa shape index (κ1) is 17.4. The fourth-order valence-corrected chi connectivity index (χ4v) is 2.36. The summed E-state index contributed by atoms with van der Waals surface area (Å²) in [5.74, 6) is 0.412. The van der Waals surface area contributed by atoms with Crippen LogP contribution in [0.3, 0.4) is 0 Å². The summed E-state index contributed by atoms with van der Waals surface area (Å²) in [6, 6.07) is 4.53. The van der Waals surface area contributed by atoms with Crippen LogP contribution in [0.4, 0.5) is 4.39 Å². The number of ether oxygens (including phenoxy) is 1. The number of aromatic nitrogens is 2. The number of amides is 1. The van der Waals surface area contributed by atoms with Crippen LogP contribution in [-0.2, 0) is 23.0 Å². The van der Waals surface area contributed by atoms with Crippen LogP contribution in [0, 0.1) is 5.82 Å². The fraction of sp³-hybridized carbons (Fsp3) is 0.529. The number of aryl methyl sites for hydroxylation is 1. The molecule has 0 fully saturated rings. The van der Waals surface area contributed by atoms with E-state index in [1.807, 2.05) is 11.6 Å². The molecule has 5 nitrogen and oxygen atoms in total. The Hall–Kier alpha value is -1.95. The third kappa shape index (κ3) is 4.51. The maximum absolute atomic E-state index is 13.3. The molecular formula is C17H24FN3O2. The van der Waals surface area contributed by atoms with Crippen molar-refractivity contribution in [3.63, 3.8) is 0 Å². The Morgan fingerprint density at radius 2 is 2.26 bits per heavy atom. The lowest BCUT2D eigenvalue weighted by atomic mass is 10.3. The number of fused-ring (bicyclic) bond motifs is 1. The van der Waals surface area contributed by atoms with Crippen LogP contribution in [0.5, 0.6) is 0 Å². The number of hydrogen-bond donors (Lipinski definition) is 1. The zero-order valence-electron chi connectivity index (χ0n) is 13.9. The van der Waals surface area contributed by atoms with Gasteiger partial charge in [-0.2, -0.15) is 0 Å². The molecule has 23 heavy (non-hydrogen) atoms. The molecule has 2 aromatic rings. The van der Waals surface area contributed by atoms with Crippen molar-refractivity contribution in [3.8, 4) is 0 Å². The number of carbonyl (C=O) groups excluding carboxylic acids is 1. The molecule has 1 aromatic heterocycles. The first-order valence-corrected chi connectivity index (χ1v) is 8.03. The smallest absolute Gasteiger partial charge is 0.248 e. The lowest BCUT2D eigenvalue weighted by Crippen LogP contribution is -2.36. The molecule has 0 bridgehead atoms. The average molecular weight is 321 g/mol. The number of halogens is 1. The zero-order chi connectivity index (χ0) is 16.8. The van der Waals surface area contributed by atoms with Gasteiger partial charge in [0.15, 0.2) is 0 Å². The van der Waals surface area contributed by atoms with Crippen molar-refractivity contribution < 1.29 is 13.9 Å². The molecule has 6 heteroatoms. The highest BCUT2D eigenvalue weighted by molar-refractivity contribution is 5.80. The zero-order valence-corrected chi connectivity index (χ0v) is 13.9. The molecule has 0 saturated heterocycles. The van der Waals surface area contributed by atoms with Crippen molar-refractivity contribution in [2.24, 2.45) is 7.05 Å². The van der Waals surface area contributed by atoms with Crippen LogP contribution in [0.1, 0.15) is 32.5 Å². The number of nitrogens with one attached hydrogen (secondary N) is 1. The lowest BCUT2D eigenvalue weighted by molar-refractivity contribution is -0.131. The van der Waals surface area contributed by atoms with Gasteiger partial charge in [-0.15, -0.1) is 0 Å². The predicted octanol–water partition coefficient (Wildman–Crippen LogP) is 2.58. The number of unbranched alkanes of at least 4 members (excludes halogenated alkanes) is 1. The van der Waals surface area contributed by atoms with E-state index in [1.165, 1.54) is 12.1 Å². The molecule has 0 spiro atoms. The van der Waals surface area contributed by atoms with Crippen LogP contribution >= 0.6 is 0 Å². The summed E-state index contributed by atoms with van der Waals surface area (Å²) < 4.78 is 20.6. The van der Waals surface area contributed by atoms with Gasteiger partial charge in [-0.3, -0.25) is 4.79 Å². The molecule has 1 amide bonds. The molecular weight excluding hydrogens is 297 g/mol. The summed E-state index contributed by atoms with van der Waals surface area (Å²) in [6.07, 6.45) is 2.13. The van der Waals surface area contributed by atoms with Gasteiger partial charge in [-0.05, 0) is 31.5 Å². The summed E-state index contributed by atoms with van der Waals surface area (Å²) in [5, 5.41) is 2.85. The van der Waals surface area contributed by atoms with E-state index in [4.69, 9.17) is 4.74 Å². The molecule has 1 atom stereocenters. The van der Waals surface area contributed by atoms with Gasteiger partial charge in [-0.1, -0.05) is 13.3 Å². The van der Waals surface area contributed by atoms with Gasteiger partial charge in [0.2, 0.25) is 5.91 Å². The Balaban J connectivity index is 1.86. The first-order chi connectivity index (χ1) is 11.0. The summed E-state index contributed by atoms with van der Waals surface area (Å²) in [5.41, 5.74) is 1.51. The first-order valence-electron chi connectivity index (χ1n) is 8.03. The minimum Gasteiger partial charge on any atom is -0.369 e. The van der Waals surface area contributed by atoms with Crippen LogP contribution in [0.2, 0.25) is 0 Å². The van der Waals surface area contributed by atoms with E-state index in [0.29, 0.717) is 19.6 Å². The quantitative estimate of drug-likeness (QED) is 0.760. The molecule has 1 N–H and O–H groups in total. The molecule has 0 radical (unpaired) electrons. The lowest BCUT2D eigenvalue weighted by Gasteiger charge is -2.13. The van der Waals surface area contributed by atoms with Gasteiger partial charge >= 0.3 is 0 Å². The number of benzene rings is 1. The molecule has 0 aliphatic heterocycles. The summed E-state index contributed by atoms with van der Waals surface area (Å²) in [7, 11) is 1.85. The molecule has 1 heterocycles. The highest BCUT2D eigenvalue weighted by Gasteiger charge is 2.13. The Morgan fingerprint density at radius 3 is 3.00 bits per heavy atom. The molecule has 2 rings (SSSR count).